The molecule has 0 spiro atoms. The largest absolute Gasteiger partial charge is 0.416 e. The molecule has 2 aliphatic heterocycles. The molecule has 2 saturated heterocycles. The summed E-state index contributed by atoms with van der Waals surface area (Å²) >= 11 is 0. The fraction of sp³-hybridized carbons (Fsp3) is 0.593. The van der Waals surface area contributed by atoms with Gasteiger partial charge in [-0.2, -0.15) is 17.6 Å². The van der Waals surface area contributed by atoms with Gasteiger partial charge in [-0.1, -0.05) is 32.9 Å². The van der Waals surface area contributed by atoms with Crippen LogP contribution in [0.4, 0.5) is 29.2 Å². The molecule has 0 saturated carbocycles. The molecule has 11 heteroatoms. The van der Waals surface area contributed by atoms with Crippen molar-refractivity contribution < 1.29 is 27.1 Å². The highest BCUT2D eigenvalue weighted by atomic mass is 19.4. The molecular formula is C27H35F4N5O2. The van der Waals surface area contributed by atoms with Gasteiger partial charge in [-0.25, -0.2) is 9.97 Å². The maximum absolute atomic E-state index is 15.9. The molecule has 7 nitrogen and oxygen atoms in total. The van der Waals surface area contributed by atoms with Crippen LogP contribution in [0.1, 0.15) is 64.1 Å². The van der Waals surface area contributed by atoms with Gasteiger partial charge in [0.1, 0.15) is 6.33 Å². The van der Waals surface area contributed by atoms with Gasteiger partial charge < -0.3 is 19.9 Å². The van der Waals surface area contributed by atoms with Crippen molar-refractivity contribution in [1.82, 2.24) is 14.9 Å². The number of rotatable bonds is 6. The minimum atomic E-state index is -4.42. The molecule has 1 aromatic carbocycles. The highest BCUT2D eigenvalue weighted by Gasteiger charge is 2.35. The lowest BCUT2D eigenvalue weighted by atomic mass is 9.85. The maximum atomic E-state index is 15.9. The van der Waals surface area contributed by atoms with Crippen molar-refractivity contribution in [3.05, 3.63) is 47.5 Å². The highest BCUT2D eigenvalue weighted by Crippen LogP contribution is 2.39. The number of alkyl halides is 3. The van der Waals surface area contributed by atoms with E-state index in [0.29, 0.717) is 44.6 Å². The standard InChI is InChI=1S/C27H35F4N5O2/c1-17(37)35-12-13-38-22(15-35)20(14-26(2,3)4)34-24-23(28)25(33-16-32-24)36-11-5-6-21(36)18-7-9-19(10-8-18)27(29,30)31/h7-10,16,20-22H,5-6,11-15H2,1-4H3,(H,32,33,34)/t20-,21?,22?/m1/s1. The van der Waals surface area contributed by atoms with Crippen LogP contribution in [0.5, 0.6) is 0 Å². The lowest BCUT2D eigenvalue weighted by Gasteiger charge is -2.39. The van der Waals surface area contributed by atoms with Gasteiger partial charge in [0, 0.05) is 26.6 Å². The number of hydrogen-bond acceptors (Lipinski definition) is 6. The summed E-state index contributed by atoms with van der Waals surface area (Å²) in [5, 5.41) is 3.23. The lowest BCUT2D eigenvalue weighted by Crippen LogP contribution is -2.52. The third-order valence-electron chi connectivity index (χ3n) is 7.06. The van der Waals surface area contributed by atoms with Crippen molar-refractivity contribution in [2.24, 2.45) is 5.41 Å². The summed E-state index contributed by atoms with van der Waals surface area (Å²) in [4.78, 5) is 23.9. The summed E-state index contributed by atoms with van der Waals surface area (Å²) in [5.41, 5.74) is -0.161. The molecule has 2 aliphatic rings. The van der Waals surface area contributed by atoms with Gasteiger partial charge in [-0.05, 0) is 42.4 Å². The van der Waals surface area contributed by atoms with Gasteiger partial charge in [0.2, 0.25) is 11.7 Å². The number of morpholine rings is 1. The number of nitrogens with one attached hydrogen (secondary N) is 1. The monoisotopic (exact) mass is 537 g/mol. The number of amides is 1. The first-order valence-corrected chi connectivity index (χ1v) is 12.9. The van der Waals surface area contributed by atoms with Gasteiger partial charge in [0.25, 0.3) is 0 Å². The third-order valence-corrected chi connectivity index (χ3v) is 7.06. The van der Waals surface area contributed by atoms with E-state index in [-0.39, 0.29) is 41.1 Å². The molecule has 2 aromatic rings. The van der Waals surface area contributed by atoms with E-state index in [1.165, 1.54) is 25.4 Å². The number of anilines is 2. The number of benzene rings is 1. The fourth-order valence-electron chi connectivity index (χ4n) is 5.24. The van der Waals surface area contributed by atoms with Crippen LogP contribution < -0.4 is 10.2 Å². The summed E-state index contributed by atoms with van der Waals surface area (Å²) in [5.74, 6) is -0.517. The van der Waals surface area contributed by atoms with Crippen LogP contribution in [0, 0.1) is 11.2 Å². The van der Waals surface area contributed by atoms with Gasteiger partial charge in [-0.15, -0.1) is 0 Å². The van der Waals surface area contributed by atoms with Crippen LogP contribution in [-0.2, 0) is 15.7 Å². The van der Waals surface area contributed by atoms with E-state index in [4.69, 9.17) is 4.74 Å². The molecule has 0 aliphatic carbocycles. The van der Waals surface area contributed by atoms with E-state index < -0.39 is 17.6 Å². The lowest BCUT2D eigenvalue weighted by molar-refractivity contribution is -0.138. The molecule has 3 heterocycles. The highest BCUT2D eigenvalue weighted by molar-refractivity contribution is 5.73. The zero-order chi connectivity index (χ0) is 27.7. The molecule has 0 bridgehead atoms. The number of aromatic nitrogens is 2. The van der Waals surface area contributed by atoms with Crippen molar-refractivity contribution in [3.8, 4) is 0 Å². The first kappa shape index (κ1) is 28.1. The quantitative estimate of drug-likeness (QED) is 0.495. The van der Waals surface area contributed by atoms with E-state index in [0.717, 1.165) is 18.6 Å². The van der Waals surface area contributed by atoms with Gasteiger partial charge in [0.05, 0.1) is 30.4 Å². The van der Waals surface area contributed by atoms with Crippen molar-refractivity contribution >= 4 is 17.5 Å². The number of halogens is 4. The molecule has 2 fully saturated rings. The average molecular weight is 538 g/mol. The zero-order valence-corrected chi connectivity index (χ0v) is 22.2. The Bertz CT molecular complexity index is 1120. The smallest absolute Gasteiger partial charge is 0.372 e. The van der Waals surface area contributed by atoms with E-state index in [1.807, 2.05) is 0 Å². The Morgan fingerprint density at radius 2 is 1.87 bits per heavy atom. The average Bonchev–Trinajstić information content (AvgIpc) is 3.33. The Morgan fingerprint density at radius 3 is 2.50 bits per heavy atom. The number of carbonyl (C=O) groups excluding carboxylic acids is 1. The second-order valence-corrected chi connectivity index (χ2v) is 11.2. The van der Waals surface area contributed by atoms with E-state index in [1.54, 1.807) is 9.80 Å². The van der Waals surface area contributed by atoms with Crippen LogP contribution in [0.2, 0.25) is 0 Å². The number of hydrogen-bond donors (Lipinski definition) is 1. The molecule has 0 radical (unpaired) electrons. The minimum absolute atomic E-state index is 0.0332. The normalized spacial score (nSPS) is 21.5. The Kier molecular flexibility index (Phi) is 8.15. The fourth-order valence-corrected chi connectivity index (χ4v) is 5.24. The molecule has 208 valence electrons. The SMILES string of the molecule is CC(=O)N1CCOC([C@@H](CC(C)(C)C)Nc2ncnc(N3CCCC3c3ccc(C(F)(F)F)cc3)c2F)C1. The van der Waals surface area contributed by atoms with Gasteiger partial charge >= 0.3 is 6.18 Å². The summed E-state index contributed by atoms with van der Waals surface area (Å²) in [6.07, 6.45) is -1.42. The molecule has 38 heavy (non-hydrogen) atoms. The molecule has 1 amide bonds. The molecule has 2 unspecified atom stereocenters. The Labute approximate surface area is 220 Å². The Hall–Kier alpha value is -2.95. The van der Waals surface area contributed by atoms with Crippen molar-refractivity contribution in [2.75, 3.05) is 36.5 Å². The predicted molar refractivity (Wildman–Crippen MR) is 136 cm³/mol. The van der Waals surface area contributed by atoms with Crippen molar-refractivity contribution in [1.29, 1.82) is 0 Å². The van der Waals surface area contributed by atoms with Crippen LogP contribution >= 0.6 is 0 Å². The summed E-state index contributed by atoms with van der Waals surface area (Å²) < 4.78 is 61.0. The maximum Gasteiger partial charge on any atom is 0.416 e. The number of nitrogens with zero attached hydrogens (tertiary/aromatic N) is 4. The van der Waals surface area contributed by atoms with Crippen molar-refractivity contribution in [2.45, 2.75) is 71.3 Å². The molecular weight excluding hydrogens is 502 g/mol. The minimum Gasteiger partial charge on any atom is -0.372 e. The molecule has 1 aromatic heterocycles. The third kappa shape index (κ3) is 6.54. The zero-order valence-electron chi connectivity index (χ0n) is 22.2. The Balaban J connectivity index is 1.58. The second kappa shape index (κ2) is 11.0. The predicted octanol–water partition coefficient (Wildman–Crippen LogP) is 5.44. The summed E-state index contributed by atoms with van der Waals surface area (Å²) in [6.45, 7) is 9.57. The van der Waals surface area contributed by atoms with Crippen LogP contribution in [0.3, 0.4) is 0 Å². The second-order valence-electron chi connectivity index (χ2n) is 11.2. The molecule has 1 N–H and O–H groups in total. The summed E-state index contributed by atoms with van der Waals surface area (Å²) in [7, 11) is 0. The van der Waals surface area contributed by atoms with Crippen LogP contribution in [-0.4, -0.2) is 59.2 Å². The number of ether oxygens (including phenoxy) is 1. The van der Waals surface area contributed by atoms with Gasteiger partial charge in [-0.3, -0.25) is 4.79 Å². The van der Waals surface area contributed by atoms with Crippen LogP contribution in [0.25, 0.3) is 0 Å². The topological polar surface area (TPSA) is 70.6 Å². The van der Waals surface area contributed by atoms with E-state index >= 15 is 4.39 Å². The molecule has 3 atom stereocenters. The first-order chi connectivity index (χ1) is 17.8. The first-order valence-electron chi connectivity index (χ1n) is 12.9. The van der Waals surface area contributed by atoms with Crippen LogP contribution in [0.15, 0.2) is 30.6 Å². The van der Waals surface area contributed by atoms with Gasteiger partial charge in [0.15, 0.2) is 11.6 Å². The number of carbonyl (C=O) groups is 1. The molecule has 4 rings (SSSR count). The Morgan fingerprint density at radius 1 is 1.16 bits per heavy atom. The van der Waals surface area contributed by atoms with E-state index in [9.17, 15) is 18.0 Å². The van der Waals surface area contributed by atoms with Crippen molar-refractivity contribution in [3.63, 3.8) is 0 Å². The van der Waals surface area contributed by atoms with E-state index in [2.05, 4.69) is 36.1 Å². The summed E-state index contributed by atoms with van der Waals surface area (Å²) in [6, 6.07) is 4.39.